The highest BCUT2D eigenvalue weighted by Gasteiger charge is 2.16. The quantitative estimate of drug-likeness (QED) is 0.389. The average Bonchev–Trinajstić information content (AvgIpc) is 2.70. The first-order valence-corrected chi connectivity index (χ1v) is 11.3. The van der Waals surface area contributed by atoms with Crippen LogP contribution in [0.3, 0.4) is 0 Å². The summed E-state index contributed by atoms with van der Waals surface area (Å²) >= 11 is 8.53. The first-order chi connectivity index (χ1) is 15.0. The molecule has 2 rings (SSSR count). The van der Waals surface area contributed by atoms with Gasteiger partial charge >= 0.3 is 0 Å². The smallest absolute Gasteiger partial charge is 0.276 e. The number of carbonyl (C=O) groups excluding carboxylic acids is 2. The second kappa shape index (κ2) is 11.3. The predicted octanol–water partition coefficient (Wildman–Crippen LogP) is 4.25. The molecule has 0 aliphatic heterocycles. The second-order valence-corrected chi connectivity index (χ2v) is 9.60. The van der Waals surface area contributed by atoms with E-state index in [1.54, 1.807) is 24.3 Å². The number of hydrogen-bond acceptors (Lipinski definition) is 5. The third kappa shape index (κ3) is 8.12. The number of carbonyl (C=O) groups is 2. The maximum atomic E-state index is 12.3. The molecule has 0 saturated heterocycles. The van der Waals surface area contributed by atoms with Crippen molar-refractivity contribution in [3.8, 4) is 11.5 Å². The minimum Gasteiger partial charge on any atom is -0.491 e. The molecule has 0 saturated carbocycles. The molecular formula is C23H28BrN3O4S. The summed E-state index contributed by atoms with van der Waals surface area (Å²) in [7, 11) is 0. The topological polar surface area (TPSA) is 88.7 Å². The first kappa shape index (κ1) is 25.6. The predicted molar refractivity (Wildman–Crippen MR) is 132 cm³/mol. The number of rotatable bonds is 6. The zero-order valence-corrected chi connectivity index (χ0v) is 21.1. The van der Waals surface area contributed by atoms with Crippen LogP contribution in [0.4, 0.5) is 0 Å². The highest BCUT2D eigenvalue weighted by Crippen LogP contribution is 2.31. The van der Waals surface area contributed by atoms with E-state index in [0.29, 0.717) is 17.1 Å². The minimum atomic E-state index is -0.458. The van der Waals surface area contributed by atoms with Gasteiger partial charge in [-0.2, -0.15) is 0 Å². The molecule has 172 valence electrons. The van der Waals surface area contributed by atoms with Crippen molar-refractivity contribution in [3.05, 3.63) is 58.1 Å². The van der Waals surface area contributed by atoms with Crippen LogP contribution in [0.1, 0.15) is 50.5 Å². The minimum absolute atomic E-state index is 0.00520. The molecule has 3 N–H and O–H groups in total. The first-order valence-electron chi connectivity index (χ1n) is 10.1. The monoisotopic (exact) mass is 521 g/mol. The Hall–Kier alpha value is -2.65. The largest absolute Gasteiger partial charge is 0.491 e. The molecule has 0 bridgehead atoms. The van der Waals surface area contributed by atoms with E-state index >= 15 is 0 Å². The van der Waals surface area contributed by atoms with Crippen LogP contribution < -0.4 is 25.6 Å². The van der Waals surface area contributed by atoms with Crippen LogP contribution in [0.2, 0.25) is 0 Å². The molecule has 9 heteroatoms. The summed E-state index contributed by atoms with van der Waals surface area (Å²) in [6, 6.07) is 12.5. The van der Waals surface area contributed by atoms with Crippen molar-refractivity contribution in [2.75, 3.05) is 6.61 Å². The SMILES string of the molecule is CC(C)Oc1cccc(C(=O)NC(=S)NNC(=O)COc2ccc(C(C)(C)C)cc2Br)c1. The molecule has 7 nitrogen and oxygen atoms in total. The molecule has 2 amide bonds. The van der Waals surface area contributed by atoms with Crippen molar-refractivity contribution >= 4 is 45.1 Å². The lowest BCUT2D eigenvalue weighted by Crippen LogP contribution is -2.49. The lowest BCUT2D eigenvalue weighted by atomic mass is 9.87. The zero-order valence-electron chi connectivity index (χ0n) is 18.7. The summed E-state index contributed by atoms with van der Waals surface area (Å²) in [5.74, 6) is 0.247. The number of nitrogens with one attached hydrogen (secondary N) is 3. The fraction of sp³-hybridized carbons (Fsp3) is 0.348. The Labute approximate surface area is 202 Å². The molecule has 0 unspecified atom stereocenters. The summed E-state index contributed by atoms with van der Waals surface area (Å²) in [4.78, 5) is 24.4. The van der Waals surface area contributed by atoms with E-state index in [4.69, 9.17) is 21.7 Å². The van der Waals surface area contributed by atoms with Crippen LogP contribution in [0.15, 0.2) is 46.9 Å². The van der Waals surface area contributed by atoms with Crippen LogP contribution in [0.25, 0.3) is 0 Å². The van der Waals surface area contributed by atoms with Crippen LogP contribution in [-0.2, 0) is 10.2 Å². The summed E-state index contributed by atoms with van der Waals surface area (Å²) in [6.07, 6.45) is -0.00876. The molecule has 0 heterocycles. The maximum absolute atomic E-state index is 12.3. The van der Waals surface area contributed by atoms with E-state index in [1.807, 2.05) is 32.0 Å². The van der Waals surface area contributed by atoms with Crippen LogP contribution in [-0.4, -0.2) is 29.6 Å². The summed E-state index contributed by atoms with van der Waals surface area (Å²) in [6.45, 7) is 9.92. The van der Waals surface area contributed by atoms with Gasteiger partial charge in [0.1, 0.15) is 11.5 Å². The van der Waals surface area contributed by atoms with Crippen molar-refractivity contribution in [3.63, 3.8) is 0 Å². The Morgan fingerprint density at radius 1 is 1.09 bits per heavy atom. The third-order valence-corrected chi connectivity index (χ3v) is 4.99. The van der Waals surface area contributed by atoms with Crippen LogP contribution in [0, 0.1) is 0 Å². The van der Waals surface area contributed by atoms with Gasteiger partial charge in [0.2, 0.25) is 0 Å². The molecular weight excluding hydrogens is 494 g/mol. The van der Waals surface area contributed by atoms with Gasteiger partial charge < -0.3 is 9.47 Å². The molecule has 32 heavy (non-hydrogen) atoms. The van der Waals surface area contributed by atoms with Gasteiger partial charge in [-0.05, 0) is 83.3 Å². The fourth-order valence-corrected chi connectivity index (χ4v) is 3.22. The number of thiocarbonyl (C=S) groups is 1. The van der Waals surface area contributed by atoms with E-state index in [2.05, 4.69) is 52.9 Å². The number of halogens is 1. The van der Waals surface area contributed by atoms with Gasteiger partial charge in [-0.3, -0.25) is 25.8 Å². The van der Waals surface area contributed by atoms with E-state index in [9.17, 15) is 9.59 Å². The maximum Gasteiger partial charge on any atom is 0.276 e. The Balaban J connectivity index is 1.81. The normalized spacial score (nSPS) is 11.0. The Morgan fingerprint density at radius 3 is 2.44 bits per heavy atom. The van der Waals surface area contributed by atoms with Gasteiger partial charge in [0.25, 0.3) is 11.8 Å². The number of amides is 2. The fourth-order valence-electron chi connectivity index (χ4n) is 2.58. The third-order valence-electron chi connectivity index (χ3n) is 4.17. The van der Waals surface area contributed by atoms with Gasteiger partial charge in [-0.25, -0.2) is 0 Å². The Morgan fingerprint density at radius 2 is 1.81 bits per heavy atom. The van der Waals surface area contributed by atoms with Crippen molar-refractivity contribution < 1.29 is 19.1 Å². The summed E-state index contributed by atoms with van der Waals surface area (Å²) in [5.41, 5.74) is 6.41. The van der Waals surface area contributed by atoms with Crippen LogP contribution >= 0.6 is 28.1 Å². The molecule has 2 aromatic rings. The highest BCUT2D eigenvalue weighted by atomic mass is 79.9. The van der Waals surface area contributed by atoms with Crippen LogP contribution in [0.5, 0.6) is 11.5 Å². The lowest BCUT2D eigenvalue weighted by molar-refractivity contribution is -0.123. The molecule has 0 atom stereocenters. The van der Waals surface area contributed by atoms with E-state index in [1.165, 1.54) is 0 Å². The highest BCUT2D eigenvalue weighted by molar-refractivity contribution is 9.10. The molecule has 0 aliphatic rings. The molecule has 0 aliphatic carbocycles. The molecule has 0 spiro atoms. The molecule has 0 radical (unpaired) electrons. The van der Waals surface area contributed by atoms with Crippen molar-refractivity contribution in [1.29, 1.82) is 0 Å². The van der Waals surface area contributed by atoms with Gasteiger partial charge in [-0.15, -0.1) is 0 Å². The number of hydrogen-bond donors (Lipinski definition) is 3. The summed E-state index contributed by atoms with van der Waals surface area (Å²) in [5, 5.41) is 2.45. The van der Waals surface area contributed by atoms with Crippen molar-refractivity contribution in [2.24, 2.45) is 0 Å². The molecule has 2 aromatic carbocycles. The van der Waals surface area contributed by atoms with E-state index in [0.717, 1.165) is 10.0 Å². The van der Waals surface area contributed by atoms with Gasteiger partial charge in [0.15, 0.2) is 11.7 Å². The average molecular weight is 522 g/mol. The standard InChI is InChI=1S/C23H28BrN3O4S/c1-14(2)31-17-8-6-7-15(11-17)21(29)25-22(32)27-26-20(28)13-30-19-10-9-16(12-18(19)24)23(3,4)5/h6-12,14H,13H2,1-5H3,(H,26,28)(H2,25,27,29,32). The van der Waals surface area contributed by atoms with Gasteiger partial charge in [0, 0.05) is 5.56 Å². The zero-order chi connectivity index (χ0) is 23.9. The number of ether oxygens (including phenoxy) is 2. The summed E-state index contributed by atoms with van der Waals surface area (Å²) < 4.78 is 11.9. The van der Waals surface area contributed by atoms with Gasteiger partial charge in [0.05, 0.1) is 10.6 Å². The molecule has 0 fully saturated rings. The van der Waals surface area contributed by atoms with E-state index in [-0.39, 0.29) is 23.2 Å². The Kier molecular flexibility index (Phi) is 9.03. The lowest BCUT2D eigenvalue weighted by Gasteiger charge is -2.20. The van der Waals surface area contributed by atoms with Gasteiger partial charge in [-0.1, -0.05) is 32.9 Å². The van der Waals surface area contributed by atoms with Crippen molar-refractivity contribution in [2.45, 2.75) is 46.1 Å². The van der Waals surface area contributed by atoms with E-state index < -0.39 is 11.8 Å². The molecule has 0 aromatic heterocycles. The number of hydrazine groups is 1. The Bertz CT molecular complexity index is 989. The second-order valence-electron chi connectivity index (χ2n) is 8.33. The van der Waals surface area contributed by atoms with Crippen molar-refractivity contribution in [1.82, 2.24) is 16.2 Å². The number of benzene rings is 2.